The van der Waals surface area contributed by atoms with Crippen LogP contribution in [0.5, 0.6) is 0 Å². The van der Waals surface area contributed by atoms with E-state index < -0.39 is 0 Å². The molecule has 4 atom stereocenters. The number of hydrogen-bond donors (Lipinski definition) is 2. The summed E-state index contributed by atoms with van der Waals surface area (Å²) in [7, 11) is 0. The first-order valence-electron chi connectivity index (χ1n) is 6.62. The van der Waals surface area contributed by atoms with Gasteiger partial charge in [-0.2, -0.15) is 0 Å². The van der Waals surface area contributed by atoms with E-state index >= 15 is 0 Å². The lowest BCUT2D eigenvalue weighted by Gasteiger charge is -2.45. The van der Waals surface area contributed by atoms with E-state index in [1.54, 1.807) is 6.33 Å². The highest BCUT2D eigenvalue weighted by molar-refractivity contribution is 5.39. The average molecular weight is 248 g/mol. The third kappa shape index (κ3) is 1.87. The SMILES string of the molecule is CC(C)c1cc(NC2C(N)C3CCOC32)ncn1. The first kappa shape index (κ1) is 11.9. The Morgan fingerprint density at radius 1 is 1.44 bits per heavy atom. The van der Waals surface area contributed by atoms with Crippen LogP contribution in [-0.2, 0) is 4.74 Å². The molecule has 2 fully saturated rings. The second-order valence-corrected chi connectivity index (χ2v) is 5.52. The molecule has 1 aliphatic heterocycles. The smallest absolute Gasteiger partial charge is 0.129 e. The number of fused-ring (bicyclic) bond motifs is 1. The van der Waals surface area contributed by atoms with E-state index in [1.807, 2.05) is 6.07 Å². The number of rotatable bonds is 3. The maximum absolute atomic E-state index is 6.17. The molecule has 1 saturated heterocycles. The fraction of sp³-hybridized carbons (Fsp3) is 0.692. The summed E-state index contributed by atoms with van der Waals surface area (Å²) in [6.07, 6.45) is 2.96. The van der Waals surface area contributed by atoms with E-state index in [2.05, 4.69) is 29.1 Å². The van der Waals surface area contributed by atoms with Crippen LogP contribution in [0.2, 0.25) is 0 Å². The van der Waals surface area contributed by atoms with E-state index in [-0.39, 0.29) is 18.2 Å². The third-order valence-electron chi connectivity index (χ3n) is 4.04. The molecule has 1 aliphatic carbocycles. The zero-order valence-electron chi connectivity index (χ0n) is 10.8. The summed E-state index contributed by atoms with van der Waals surface area (Å²) in [5, 5.41) is 3.39. The Labute approximate surface area is 107 Å². The van der Waals surface area contributed by atoms with Crippen molar-refractivity contribution in [1.82, 2.24) is 9.97 Å². The van der Waals surface area contributed by atoms with Gasteiger partial charge in [0.15, 0.2) is 0 Å². The Morgan fingerprint density at radius 2 is 2.28 bits per heavy atom. The van der Waals surface area contributed by atoms with Gasteiger partial charge in [0.05, 0.1) is 12.1 Å². The van der Waals surface area contributed by atoms with Gasteiger partial charge in [-0.15, -0.1) is 0 Å². The summed E-state index contributed by atoms with van der Waals surface area (Å²) >= 11 is 0. The van der Waals surface area contributed by atoms with Crippen LogP contribution in [0.1, 0.15) is 31.9 Å². The molecule has 0 spiro atoms. The van der Waals surface area contributed by atoms with Crippen LogP contribution < -0.4 is 11.1 Å². The highest BCUT2D eigenvalue weighted by Crippen LogP contribution is 2.39. The summed E-state index contributed by atoms with van der Waals surface area (Å²) in [6, 6.07) is 2.36. The van der Waals surface area contributed by atoms with Crippen molar-refractivity contribution in [2.24, 2.45) is 11.7 Å². The lowest BCUT2D eigenvalue weighted by molar-refractivity contribution is 0.00523. The standard InChI is InChI=1S/C13H20N4O/c1-7(2)9-5-10(16-6-15-9)17-12-11(14)8-3-4-18-13(8)12/h5-8,11-13H,3-4,14H2,1-2H3,(H,15,16,17). The van der Waals surface area contributed by atoms with Crippen molar-refractivity contribution in [1.29, 1.82) is 0 Å². The van der Waals surface area contributed by atoms with E-state index in [9.17, 15) is 0 Å². The molecule has 5 nitrogen and oxygen atoms in total. The van der Waals surface area contributed by atoms with Crippen molar-refractivity contribution >= 4 is 5.82 Å². The van der Waals surface area contributed by atoms with E-state index in [1.165, 1.54) is 0 Å². The molecule has 4 unspecified atom stereocenters. The molecule has 3 N–H and O–H groups in total. The van der Waals surface area contributed by atoms with Gasteiger partial charge >= 0.3 is 0 Å². The Kier molecular flexibility index (Phi) is 2.95. The molecule has 0 amide bonds. The van der Waals surface area contributed by atoms with Gasteiger partial charge in [-0.05, 0) is 12.3 Å². The van der Waals surface area contributed by atoms with Crippen molar-refractivity contribution in [3.63, 3.8) is 0 Å². The Bertz CT molecular complexity index is 437. The second kappa shape index (κ2) is 4.48. The number of hydrogen-bond acceptors (Lipinski definition) is 5. The zero-order chi connectivity index (χ0) is 12.7. The minimum absolute atomic E-state index is 0.176. The van der Waals surface area contributed by atoms with Crippen LogP contribution in [0.25, 0.3) is 0 Å². The highest BCUT2D eigenvalue weighted by atomic mass is 16.5. The zero-order valence-corrected chi connectivity index (χ0v) is 10.8. The van der Waals surface area contributed by atoms with Crippen LogP contribution in [0, 0.1) is 5.92 Å². The Balaban J connectivity index is 1.71. The molecule has 0 aromatic carbocycles. The molecule has 0 radical (unpaired) electrons. The van der Waals surface area contributed by atoms with Crippen molar-refractivity contribution in [2.75, 3.05) is 11.9 Å². The molecule has 2 aliphatic rings. The quantitative estimate of drug-likeness (QED) is 0.838. The van der Waals surface area contributed by atoms with E-state index in [0.29, 0.717) is 11.8 Å². The highest BCUT2D eigenvalue weighted by Gasteiger charge is 2.52. The monoisotopic (exact) mass is 248 g/mol. The predicted molar refractivity (Wildman–Crippen MR) is 69.4 cm³/mol. The van der Waals surface area contributed by atoms with Crippen molar-refractivity contribution < 1.29 is 4.74 Å². The molecule has 1 saturated carbocycles. The molecule has 98 valence electrons. The van der Waals surface area contributed by atoms with Crippen molar-refractivity contribution in [3.8, 4) is 0 Å². The molecule has 5 heteroatoms. The van der Waals surface area contributed by atoms with Crippen molar-refractivity contribution in [3.05, 3.63) is 18.1 Å². The van der Waals surface area contributed by atoms with E-state index in [4.69, 9.17) is 10.5 Å². The third-order valence-corrected chi connectivity index (χ3v) is 4.04. The summed E-state index contributed by atoms with van der Waals surface area (Å²) in [5.41, 5.74) is 7.21. The van der Waals surface area contributed by atoms with Gasteiger partial charge < -0.3 is 15.8 Å². The summed E-state index contributed by atoms with van der Waals surface area (Å²) in [5.74, 6) is 1.77. The number of nitrogens with one attached hydrogen (secondary N) is 1. The van der Waals surface area contributed by atoms with Gasteiger partial charge in [-0.3, -0.25) is 0 Å². The molecular weight excluding hydrogens is 228 g/mol. The Morgan fingerprint density at radius 3 is 3.06 bits per heavy atom. The fourth-order valence-corrected chi connectivity index (χ4v) is 2.87. The molecule has 2 heterocycles. The predicted octanol–water partition coefficient (Wildman–Crippen LogP) is 1.13. The number of anilines is 1. The van der Waals surface area contributed by atoms with Crippen LogP contribution in [0.4, 0.5) is 5.82 Å². The molecule has 1 aromatic rings. The maximum Gasteiger partial charge on any atom is 0.129 e. The van der Waals surface area contributed by atoms with Crippen LogP contribution in [-0.4, -0.2) is 34.8 Å². The first-order valence-corrected chi connectivity index (χ1v) is 6.62. The Hall–Kier alpha value is -1.20. The first-order chi connectivity index (χ1) is 8.66. The van der Waals surface area contributed by atoms with Gasteiger partial charge in [0, 0.05) is 30.3 Å². The molecule has 0 bridgehead atoms. The van der Waals surface area contributed by atoms with Gasteiger partial charge in [-0.1, -0.05) is 13.8 Å². The minimum atomic E-state index is 0.176. The normalized spacial score (nSPS) is 34.2. The summed E-state index contributed by atoms with van der Waals surface area (Å²) in [4.78, 5) is 8.52. The molecule has 18 heavy (non-hydrogen) atoms. The van der Waals surface area contributed by atoms with Gasteiger partial charge in [0.2, 0.25) is 0 Å². The largest absolute Gasteiger partial charge is 0.376 e. The molecule has 3 rings (SSSR count). The van der Waals surface area contributed by atoms with Gasteiger partial charge in [-0.25, -0.2) is 9.97 Å². The lowest BCUT2D eigenvalue weighted by atomic mass is 9.72. The molecule has 1 aromatic heterocycles. The van der Waals surface area contributed by atoms with E-state index in [0.717, 1.165) is 24.5 Å². The molecular formula is C13H20N4O. The number of nitrogens with two attached hydrogens (primary N) is 1. The van der Waals surface area contributed by atoms with Gasteiger partial charge in [0.1, 0.15) is 12.1 Å². The summed E-state index contributed by atoms with van der Waals surface area (Å²) < 4.78 is 5.70. The van der Waals surface area contributed by atoms with Crippen LogP contribution in [0.15, 0.2) is 12.4 Å². The maximum atomic E-state index is 6.17. The van der Waals surface area contributed by atoms with Crippen LogP contribution >= 0.6 is 0 Å². The second-order valence-electron chi connectivity index (χ2n) is 5.52. The number of aromatic nitrogens is 2. The van der Waals surface area contributed by atoms with Crippen LogP contribution in [0.3, 0.4) is 0 Å². The number of nitrogens with zero attached hydrogens (tertiary/aromatic N) is 2. The summed E-state index contributed by atoms with van der Waals surface area (Å²) in [6.45, 7) is 5.08. The topological polar surface area (TPSA) is 73.1 Å². The minimum Gasteiger partial charge on any atom is -0.376 e. The number of ether oxygens (including phenoxy) is 1. The fourth-order valence-electron chi connectivity index (χ4n) is 2.87. The van der Waals surface area contributed by atoms with Gasteiger partial charge in [0.25, 0.3) is 0 Å². The lowest BCUT2D eigenvalue weighted by Crippen LogP contribution is -2.65. The van der Waals surface area contributed by atoms with Crippen molar-refractivity contribution in [2.45, 2.75) is 44.4 Å². The average Bonchev–Trinajstić information content (AvgIpc) is 2.81.